The molecular formula is C25H26N2O5. The summed E-state index contributed by atoms with van der Waals surface area (Å²) in [5, 5.41) is 3.91. The van der Waals surface area contributed by atoms with Crippen molar-refractivity contribution < 1.29 is 23.5 Å². The molecular weight excluding hydrogens is 408 g/mol. The first-order valence-corrected chi connectivity index (χ1v) is 11.1. The first-order valence-electron chi connectivity index (χ1n) is 11.1. The zero-order valence-corrected chi connectivity index (χ0v) is 18.1. The number of aryl methyl sites for hydroxylation is 2. The van der Waals surface area contributed by atoms with Crippen LogP contribution in [0.25, 0.3) is 11.0 Å². The molecule has 0 spiro atoms. The molecule has 2 heterocycles. The van der Waals surface area contributed by atoms with Gasteiger partial charge in [0, 0.05) is 42.1 Å². The van der Waals surface area contributed by atoms with Crippen LogP contribution in [-0.4, -0.2) is 32.1 Å². The summed E-state index contributed by atoms with van der Waals surface area (Å²) in [7, 11) is 1.55. The number of amides is 2. The molecule has 7 nitrogen and oxygen atoms in total. The van der Waals surface area contributed by atoms with Crippen LogP contribution >= 0.6 is 0 Å². The van der Waals surface area contributed by atoms with Crippen molar-refractivity contribution in [2.45, 2.75) is 38.5 Å². The van der Waals surface area contributed by atoms with Gasteiger partial charge in [0.25, 0.3) is 5.91 Å². The number of methoxy groups -OCH3 is 1. The summed E-state index contributed by atoms with van der Waals surface area (Å²) in [6.07, 6.45) is 5.72. The van der Waals surface area contributed by atoms with Gasteiger partial charge in [-0.2, -0.15) is 0 Å². The molecule has 166 valence electrons. The van der Waals surface area contributed by atoms with Crippen molar-refractivity contribution in [1.82, 2.24) is 0 Å². The molecule has 2 amide bonds. The molecule has 1 saturated heterocycles. The number of furan rings is 1. The van der Waals surface area contributed by atoms with Crippen molar-refractivity contribution >= 4 is 34.2 Å². The molecule has 1 fully saturated rings. The van der Waals surface area contributed by atoms with E-state index >= 15 is 0 Å². The Morgan fingerprint density at radius 3 is 2.78 bits per heavy atom. The van der Waals surface area contributed by atoms with Crippen LogP contribution in [0.1, 0.15) is 37.0 Å². The van der Waals surface area contributed by atoms with Crippen LogP contribution in [0.15, 0.2) is 40.8 Å². The molecule has 7 heteroatoms. The third-order valence-electron chi connectivity index (χ3n) is 6.12. The van der Waals surface area contributed by atoms with Crippen LogP contribution in [0.2, 0.25) is 0 Å². The fourth-order valence-corrected chi connectivity index (χ4v) is 4.56. The lowest BCUT2D eigenvalue weighted by atomic mass is 9.96. The van der Waals surface area contributed by atoms with Gasteiger partial charge in [-0.05, 0) is 56.0 Å². The van der Waals surface area contributed by atoms with Crippen molar-refractivity contribution in [3.8, 4) is 11.5 Å². The van der Waals surface area contributed by atoms with E-state index in [0.29, 0.717) is 30.2 Å². The molecule has 0 bridgehead atoms. The molecule has 32 heavy (non-hydrogen) atoms. The van der Waals surface area contributed by atoms with E-state index in [2.05, 4.69) is 5.32 Å². The minimum Gasteiger partial charge on any atom is -0.494 e. The van der Waals surface area contributed by atoms with Gasteiger partial charge in [-0.1, -0.05) is 0 Å². The van der Waals surface area contributed by atoms with E-state index in [1.165, 1.54) is 12.0 Å². The lowest BCUT2D eigenvalue weighted by molar-refractivity contribution is -0.118. The van der Waals surface area contributed by atoms with Gasteiger partial charge >= 0.3 is 0 Å². The van der Waals surface area contributed by atoms with Gasteiger partial charge in [-0.3, -0.25) is 9.59 Å². The molecule has 2 aromatic carbocycles. The smallest absolute Gasteiger partial charge is 0.262 e. The molecule has 0 radical (unpaired) electrons. The van der Waals surface area contributed by atoms with Crippen LogP contribution in [0, 0.1) is 0 Å². The normalized spacial score (nSPS) is 15.7. The van der Waals surface area contributed by atoms with Gasteiger partial charge in [0.05, 0.1) is 12.8 Å². The second kappa shape index (κ2) is 8.57. The van der Waals surface area contributed by atoms with Crippen molar-refractivity contribution in [3.05, 3.63) is 47.7 Å². The highest BCUT2D eigenvalue weighted by Crippen LogP contribution is 2.35. The standard InChI is InChI=1S/C25H26N2O5/c1-30-23-13-16(8-10-20(23)27-12-4-7-25(27)29)26-24(28)15-31-17-9-11-22-19(14-17)18-5-2-3-6-21(18)32-22/h8-11,13-14H,2-7,12,15H2,1H3,(H,26,28). The zero-order chi connectivity index (χ0) is 22.1. The van der Waals surface area contributed by atoms with Crippen LogP contribution in [0.5, 0.6) is 11.5 Å². The number of nitrogens with zero attached hydrogens (tertiary/aromatic N) is 1. The fraction of sp³-hybridized carbons (Fsp3) is 0.360. The zero-order valence-electron chi connectivity index (χ0n) is 18.1. The number of rotatable bonds is 6. The maximum Gasteiger partial charge on any atom is 0.262 e. The molecule has 0 atom stereocenters. The Bertz CT molecular complexity index is 1180. The molecule has 3 aromatic rings. The molecule has 1 aromatic heterocycles. The number of hydrogen-bond acceptors (Lipinski definition) is 5. The summed E-state index contributed by atoms with van der Waals surface area (Å²) in [6, 6.07) is 11.0. The number of carbonyl (C=O) groups is 2. The molecule has 1 aliphatic carbocycles. The predicted octanol–water partition coefficient (Wildman–Crippen LogP) is 4.46. The van der Waals surface area contributed by atoms with E-state index in [1.807, 2.05) is 18.2 Å². The van der Waals surface area contributed by atoms with E-state index in [9.17, 15) is 9.59 Å². The lowest BCUT2D eigenvalue weighted by Gasteiger charge is -2.19. The summed E-state index contributed by atoms with van der Waals surface area (Å²) in [6.45, 7) is 0.569. The van der Waals surface area contributed by atoms with Crippen molar-refractivity contribution in [2.75, 3.05) is 30.5 Å². The molecule has 1 aliphatic heterocycles. The van der Waals surface area contributed by atoms with E-state index in [1.54, 1.807) is 30.2 Å². The Hall–Kier alpha value is -3.48. The number of ether oxygens (including phenoxy) is 2. The van der Waals surface area contributed by atoms with E-state index < -0.39 is 0 Å². The third-order valence-corrected chi connectivity index (χ3v) is 6.12. The average molecular weight is 434 g/mol. The Kier molecular flexibility index (Phi) is 5.47. The second-order valence-electron chi connectivity index (χ2n) is 8.24. The Labute approximate surface area is 186 Å². The van der Waals surface area contributed by atoms with Crippen molar-refractivity contribution in [2.24, 2.45) is 0 Å². The second-order valence-corrected chi connectivity index (χ2v) is 8.24. The fourth-order valence-electron chi connectivity index (χ4n) is 4.56. The number of fused-ring (bicyclic) bond motifs is 3. The van der Waals surface area contributed by atoms with Gasteiger partial charge < -0.3 is 24.1 Å². The summed E-state index contributed by atoms with van der Waals surface area (Å²) in [5.74, 6) is 2.08. The Balaban J connectivity index is 1.24. The van der Waals surface area contributed by atoms with Crippen LogP contribution in [-0.2, 0) is 22.4 Å². The van der Waals surface area contributed by atoms with Crippen LogP contribution < -0.4 is 19.7 Å². The van der Waals surface area contributed by atoms with E-state index in [-0.39, 0.29) is 18.4 Å². The summed E-state index contributed by atoms with van der Waals surface area (Å²) >= 11 is 0. The van der Waals surface area contributed by atoms with Gasteiger partial charge in [-0.15, -0.1) is 0 Å². The third kappa shape index (κ3) is 3.90. The molecule has 5 rings (SSSR count). The molecule has 1 N–H and O–H groups in total. The number of benzene rings is 2. The average Bonchev–Trinajstić information content (AvgIpc) is 3.40. The lowest BCUT2D eigenvalue weighted by Crippen LogP contribution is -2.24. The van der Waals surface area contributed by atoms with Crippen LogP contribution in [0.4, 0.5) is 11.4 Å². The highest BCUT2D eigenvalue weighted by molar-refractivity contribution is 5.98. The van der Waals surface area contributed by atoms with Gasteiger partial charge in [0.1, 0.15) is 22.8 Å². The first kappa shape index (κ1) is 20.4. The Morgan fingerprint density at radius 2 is 1.97 bits per heavy atom. The molecule has 0 unspecified atom stereocenters. The Morgan fingerprint density at radius 1 is 1.09 bits per heavy atom. The van der Waals surface area contributed by atoms with Crippen LogP contribution in [0.3, 0.4) is 0 Å². The molecule has 2 aliphatic rings. The molecule has 0 saturated carbocycles. The summed E-state index contributed by atoms with van der Waals surface area (Å²) < 4.78 is 17.2. The number of anilines is 2. The minimum atomic E-state index is -0.272. The SMILES string of the molecule is COc1cc(NC(=O)COc2ccc3oc4c(c3c2)CCCC4)ccc1N1CCCC1=O. The van der Waals surface area contributed by atoms with Gasteiger partial charge in [-0.25, -0.2) is 0 Å². The topological polar surface area (TPSA) is 81.0 Å². The number of hydrogen-bond donors (Lipinski definition) is 1. The highest BCUT2D eigenvalue weighted by Gasteiger charge is 2.24. The van der Waals surface area contributed by atoms with Crippen molar-refractivity contribution in [1.29, 1.82) is 0 Å². The number of nitrogens with one attached hydrogen (secondary N) is 1. The maximum atomic E-state index is 12.5. The highest BCUT2D eigenvalue weighted by atomic mass is 16.5. The quantitative estimate of drug-likeness (QED) is 0.619. The maximum absolute atomic E-state index is 12.5. The van der Waals surface area contributed by atoms with Gasteiger partial charge in [0.2, 0.25) is 5.91 Å². The van der Waals surface area contributed by atoms with Gasteiger partial charge in [0.15, 0.2) is 6.61 Å². The number of carbonyl (C=O) groups excluding carboxylic acids is 2. The first-order chi connectivity index (χ1) is 15.6. The van der Waals surface area contributed by atoms with Crippen molar-refractivity contribution in [3.63, 3.8) is 0 Å². The predicted molar refractivity (Wildman–Crippen MR) is 122 cm³/mol. The van der Waals surface area contributed by atoms with E-state index in [0.717, 1.165) is 48.1 Å². The minimum absolute atomic E-state index is 0.0874. The van der Waals surface area contributed by atoms with E-state index in [4.69, 9.17) is 13.9 Å². The summed E-state index contributed by atoms with van der Waals surface area (Å²) in [4.78, 5) is 26.2. The largest absolute Gasteiger partial charge is 0.494 e. The summed E-state index contributed by atoms with van der Waals surface area (Å²) in [5.41, 5.74) is 3.45. The monoisotopic (exact) mass is 434 g/mol.